The first-order chi connectivity index (χ1) is 13.9. The maximum absolute atomic E-state index is 12.4. The summed E-state index contributed by atoms with van der Waals surface area (Å²) in [7, 11) is -3.78. The van der Waals surface area contributed by atoms with Crippen molar-refractivity contribution in [1.82, 2.24) is 10.0 Å². The van der Waals surface area contributed by atoms with Gasteiger partial charge < -0.3 is 10.6 Å². The third kappa shape index (κ3) is 6.75. The van der Waals surface area contributed by atoms with E-state index in [0.29, 0.717) is 12.1 Å². The summed E-state index contributed by atoms with van der Waals surface area (Å²) in [5, 5.41) is 5.55. The van der Waals surface area contributed by atoms with Gasteiger partial charge in [0, 0.05) is 24.2 Å². The fourth-order valence-electron chi connectivity index (χ4n) is 2.52. The largest absolute Gasteiger partial charge is 0.348 e. The molecule has 0 bridgehead atoms. The highest BCUT2D eigenvalue weighted by Crippen LogP contribution is 2.13. The third-order valence-corrected chi connectivity index (χ3v) is 5.31. The van der Waals surface area contributed by atoms with Gasteiger partial charge in [0.25, 0.3) is 5.91 Å². The van der Waals surface area contributed by atoms with Gasteiger partial charge in [-0.1, -0.05) is 31.0 Å². The van der Waals surface area contributed by atoms with Crippen LogP contribution in [0.15, 0.2) is 53.4 Å². The molecule has 29 heavy (non-hydrogen) atoms. The third-order valence-electron chi connectivity index (χ3n) is 3.91. The van der Waals surface area contributed by atoms with Crippen LogP contribution in [0.3, 0.4) is 0 Å². The maximum Gasteiger partial charge on any atom is 0.251 e. The summed E-state index contributed by atoms with van der Waals surface area (Å²) in [6.07, 6.45) is 6.27. The van der Waals surface area contributed by atoms with Gasteiger partial charge in [-0.05, 0) is 42.3 Å². The lowest BCUT2D eigenvalue weighted by Crippen LogP contribution is -2.26. The van der Waals surface area contributed by atoms with Crippen LogP contribution in [-0.4, -0.2) is 26.8 Å². The van der Waals surface area contributed by atoms with Crippen LogP contribution in [0.2, 0.25) is 0 Å². The Hall–Kier alpha value is -3.15. The standard InChI is InChI=1S/C21H23N3O4S/c1-3-7-20(25)24-18-10-5-8-16(13-18)15-22-21(26)17-9-6-11-19(14-17)29(27,28)23-12-4-2/h2,5-6,8-11,13-14,23H,3,7,12,15H2,1H3,(H,22,26)(H,24,25). The first kappa shape index (κ1) is 22.1. The predicted octanol–water partition coefficient (Wildman–Crippen LogP) is 2.27. The second kappa shape index (κ2) is 10.4. The Morgan fingerprint density at radius 3 is 2.59 bits per heavy atom. The van der Waals surface area contributed by atoms with Crippen molar-refractivity contribution in [3.63, 3.8) is 0 Å². The van der Waals surface area contributed by atoms with Crippen molar-refractivity contribution in [2.45, 2.75) is 31.2 Å². The molecule has 2 aromatic carbocycles. The molecule has 2 amide bonds. The summed E-state index contributed by atoms with van der Waals surface area (Å²) in [5.74, 6) is 1.71. The van der Waals surface area contributed by atoms with Crippen LogP contribution >= 0.6 is 0 Å². The molecule has 0 aliphatic carbocycles. The normalized spacial score (nSPS) is 10.8. The van der Waals surface area contributed by atoms with E-state index in [1.165, 1.54) is 24.3 Å². The lowest BCUT2D eigenvalue weighted by Gasteiger charge is -2.10. The molecule has 3 N–H and O–H groups in total. The Morgan fingerprint density at radius 2 is 1.86 bits per heavy atom. The number of anilines is 1. The van der Waals surface area contributed by atoms with E-state index in [1.807, 2.05) is 13.0 Å². The zero-order valence-electron chi connectivity index (χ0n) is 16.1. The zero-order chi connectivity index (χ0) is 21.3. The van der Waals surface area contributed by atoms with Crippen LogP contribution in [0.25, 0.3) is 0 Å². The molecule has 0 fully saturated rings. The lowest BCUT2D eigenvalue weighted by atomic mass is 10.1. The topological polar surface area (TPSA) is 104 Å². The highest BCUT2D eigenvalue weighted by atomic mass is 32.2. The fourth-order valence-corrected chi connectivity index (χ4v) is 3.50. The molecule has 0 aliphatic rings. The van der Waals surface area contributed by atoms with E-state index in [1.54, 1.807) is 18.2 Å². The summed E-state index contributed by atoms with van der Waals surface area (Å²) >= 11 is 0. The Balaban J connectivity index is 2.04. The number of nitrogens with one attached hydrogen (secondary N) is 3. The van der Waals surface area contributed by atoms with Gasteiger partial charge in [0.15, 0.2) is 0 Å². The van der Waals surface area contributed by atoms with Gasteiger partial charge in [-0.15, -0.1) is 6.42 Å². The maximum atomic E-state index is 12.4. The van der Waals surface area contributed by atoms with Gasteiger partial charge >= 0.3 is 0 Å². The van der Waals surface area contributed by atoms with Gasteiger partial charge in [0.2, 0.25) is 15.9 Å². The second-order valence-electron chi connectivity index (χ2n) is 6.24. The van der Waals surface area contributed by atoms with E-state index in [0.717, 1.165) is 12.0 Å². The number of rotatable bonds is 9. The molecule has 2 rings (SSSR count). The van der Waals surface area contributed by atoms with Crippen LogP contribution < -0.4 is 15.4 Å². The average Bonchev–Trinajstić information content (AvgIpc) is 2.71. The van der Waals surface area contributed by atoms with Crippen molar-refractivity contribution in [1.29, 1.82) is 0 Å². The van der Waals surface area contributed by atoms with Crippen LogP contribution in [0.5, 0.6) is 0 Å². The van der Waals surface area contributed by atoms with E-state index in [-0.39, 0.29) is 29.5 Å². The molecular weight excluding hydrogens is 390 g/mol. The van der Waals surface area contributed by atoms with E-state index in [9.17, 15) is 18.0 Å². The first-order valence-electron chi connectivity index (χ1n) is 9.06. The molecular formula is C21H23N3O4S. The number of benzene rings is 2. The minimum Gasteiger partial charge on any atom is -0.348 e. The smallest absolute Gasteiger partial charge is 0.251 e. The molecule has 2 aromatic rings. The van der Waals surface area contributed by atoms with Crippen LogP contribution in [0.4, 0.5) is 5.69 Å². The predicted molar refractivity (Wildman–Crippen MR) is 112 cm³/mol. The van der Waals surface area contributed by atoms with E-state index in [4.69, 9.17) is 6.42 Å². The summed E-state index contributed by atoms with van der Waals surface area (Å²) in [6, 6.07) is 12.8. The summed E-state index contributed by atoms with van der Waals surface area (Å²) in [6.45, 7) is 2.02. The molecule has 0 radical (unpaired) electrons. The van der Waals surface area contributed by atoms with E-state index >= 15 is 0 Å². The van der Waals surface area contributed by atoms with E-state index < -0.39 is 15.9 Å². The average molecular weight is 413 g/mol. The van der Waals surface area contributed by atoms with Gasteiger partial charge in [-0.25, -0.2) is 8.42 Å². The molecule has 0 heterocycles. The molecule has 0 unspecified atom stereocenters. The van der Waals surface area contributed by atoms with E-state index in [2.05, 4.69) is 21.3 Å². The van der Waals surface area contributed by atoms with Crippen molar-refractivity contribution in [3.05, 3.63) is 59.7 Å². The Bertz CT molecular complexity index is 1030. The van der Waals surface area contributed by atoms with Crippen molar-refractivity contribution >= 4 is 27.5 Å². The first-order valence-corrected chi connectivity index (χ1v) is 10.5. The van der Waals surface area contributed by atoms with Gasteiger partial charge in [0.1, 0.15) is 0 Å². The Labute approximate surface area is 171 Å². The Kier molecular flexibility index (Phi) is 7.95. The van der Waals surface area contributed by atoms with Crippen molar-refractivity contribution in [3.8, 4) is 12.3 Å². The highest BCUT2D eigenvalue weighted by Gasteiger charge is 2.15. The summed E-state index contributed by atoms with van der Waals surface area (Å²) in [4.78, 5) is 24.1. The van der Waals surface area contributed by atoms with Gasteiger partial charge in [-0.3, -0.25) is 9.59 Å². The van der Waals surface area contributed by atoms with Crippen molar-refractivity contribution < 1.29 is 18.0 Å². The summed E-state index contributed by atoms with van der Waals surface area (Å²) < 4.78 is 26.5. The second-order valence-corrected chi connectivity index (χ2v) is 8.00. The molecule has 0 aliphatic heterocycles. The number of amides is 2. The zero-order valence-corrected chi connectivity index (χ0v) is 16.9. The fraction of sp³-hybridized carbons (Fsp3) is 0.238. The van der Waals surface area contributed by atoms with Crippen LogP contribution in [0.1, 0.15) is 35.7 Å². The highest BCUT2D eigenvalue weighted by molar-refractivity contribution is 7.89. The molecule has 0 spiro atoms. The molecule has 0 aromatic heterocycles. The number of hydrogen-bond donors (Lipinski definition) is 3. The van der Waals surface area contributed by atoms with Gasteiger partial charge in [0.05, 0.1) is 11.4 Å². The minimum atomic E-state index is -3.78. The Morgan fingerprint density at radius 1 is 1.10 bits per heavy atom. The minimum absolute atomic E-state index is 0.0407. The molecule has 7 nitrogen and oxygen atoms in total. The monoisotopic (exact) mass is 413 g/mol. The van der Waals surface area contributed by atoms with Crippen LogP contribution in [-0.2, 0) is 21.4 Å². The number of carbonyl (C=O) groups excluding carboxylic acids is 2. The van der Waals surface area contributed by atoms with Crippen molar-refractivity contribution in [2.75, 3.05) is 11.9 Å². The molecule has 0 saturated carbocycles. The quantitative estimate of drug-likeness (QED) is 0.549. The number of terminal acetylenes is 1. The molecule has 152 valence electrons. The summed E-state index contributed by atoms with van der Waals surface area (Å²) in [5.41, 5.74) is 1.66. The molecule has 8 heteroatoms. The van der Waals surface area contributed by atoms with Crippen molar-refractivity contribution in [2.24, 2.45) is 0 Å². The SMILES string of the molecule is C#CCNS(=O)(=O)c1cccc(C(=O)NCc2cccc(NC(=O)CCC)c2)c1. The number of sulfonamides is 1. The number of carbonyl (C=O) groups is 2. The molecule has 0 saturated heterocycles. The number of hydrogen-bond acceptors (Lipinski definition) is 4. The lowest BCUT2D eigenvalue weighted by molar-refractivity contribution is -0.116. The molecule has 0 atom stereocenters. The van der Waals surface area contributed by atoms with Gasteiger partial charge in [-0.2, -0.15) is 4.72 Å². The van der Waals surface area contributed by atoms with Crippen LogP contribution in [0, 0.1) is 12.3 Å².